The van der Waals surface area contributed by atoms with Crippen molar-refractivity contribution in [3.8, 4) is 0 Å². The summed E-state index contributed by atoms with van der Waals surface area (Å²) in [5, 5.41) is 5.94. The van der Waals surface area contributed by atoms with E-state index in [2.05, 4.69) is 35.3 Å². The maximum atomic E-state index is 11.6. The van der Waals surface area contributed by atoms with Crippen molar-refractivity contribution in [1.82, 2.24) is 4.98 Å². The van der Waals surface area contributed by atoms with Crippen molar-refractivity contribution >= 4 is 32.4 Å². The molecule has 0 aliphatic heterocycles. The number of aromatic amines is 1. The normalized spacial score (nSPS) is 11.8. The van der Waals surface area contributed by atoms with Gasteiger partial charge in [0.2, 0.25) is 5.56 Å². The molecule has 0 aliphatic carbocycles. The molecule has 0 amide bonds. The summed E-state index contributed by atoms with van der Waals surface area (Å²) in [6, 6.07) is 15.9. The van der Waals surface area contributed by atoms with Crippen molar-refractivity contribution < 1.29 is 0 Å². The van der Waals surface area contributed by atoms with Gasteiger partial charge in [0.05, 0.1) is 0 Å². The van der Waals surface area contributed by atoms with E-state index in [0.717, 1.165) is 16.3 Å². The molecule has 0 bridgehead atoms. The minimum absolute atomic E-state index is 0.0657. The highest BCUT2D eigenvalue weighted by Gasteiger charge is 2.07. The molecule has 1 N–H and O–H groups in total. The second-order valence-corrected chi connectivity index (χ2v) is 4.35. The molecule has 4 rings (SSSR count). The van der Waals surface area contributed by atoms with Gasteiger partial charge in [-0.15, -0.1) is 0 Å². The Bertz CT molecular complexity index is 890. The topological polar surface area (TPSA) is 32.9 Å². The molecule has 2 heteroatoms. The van der Waals surface area contributed by atoms with Gasteiger partial charge in [-0.25, -0.2) is 0 Å². The number of benzene rings is 2. The molecule has 17 heavy (non-hydrogen) atoms. The SMILES string of the molecule is O=c1ccc2ccc3ccc4ccc([nH]1)c2c34. The highest BCUT2D eigenvalue weighted by Crippen LogP contribution is 2.33. The summed E-state index contributed by atoms with van der Waals surface area (Å²) in [4.78, 5) is 14.5. The molecule has 4 aromatic rings. The van der Waals surface area contributed by atoms with Crippen LogP contribution in [0.15, 0.2) is 53.3 Å². The van der Waals surface area contributed by atoms with Gasteiger partial charge < -0.3 is 4.98 Å². The lowest BCUT2D eigenvalue weighted by Crippen LogP contribution is -1.97. The Labute approximate surface area is 96.8 Å². The van der Waals surface area contributed by atoms with Crippen LogP contribution in [0.1, 0.15) is 0 Å². The number of rotatable bonds is 0. The summed E-state index contributed by atoms with van der Waals surface area (Å²) in [5.74, 6) is 0. The summed E-state index contributed by atoms with van der Waals surface area (Å²) in [5.41, 5.74) is 0.836. The smallest absolute Gasteiger partial charge is 0.248 e. The minimum atomic E-state index is -0.0657. The highest BCUT2D eigenvalue weighted by atomic mass is 16.1. The maximum absolute atomic E-state index is 11.6. The average Bonchev–Trinajstić information content (AvgIpc) is 2.68. The number of H-pyrrole nitrogens is 1. The Morgan fingerprint density at radius 2 is 1.18 bits per heavy atom. The number of nitrogens with one attached hydrogen (secondary N) is 1. The predicted octanol–water partition coefficient (Wildman–Crippen LogP) is 3.27. The highest BCUT2D eigenvalue weighted by molar-refractivity contribution is 6.22. The van der Waals surface area contributed by atoms with Crippen LogP contribution >= 0.6 is 0 Å². The van der Waals surface area contributed by atoms with E-state index in [1.54, 1.807) is 6.07 Å². The zero-order valence-electron chi connectivity index (χ0n) is 9.03. The van der Waals surface area contributed by atoms with Crippen LogP contribution in [0.3, 0.4) is 0 Å². The lowest BCUT2D eigenvalue weighted by Gasteiger charge is -2.02. The second kappa shape index (κ2) is 2.86. The van der Waals surface area contributed by atoms with Gasteiger partial charge in [0, 0.05) is 17.0 Å². The summed E-state index contributed by atoms with van der Waals surface area (Å²) >= 11 is 0. The molecular weight excluding hydrogens is 210 g/mol. The fourth-order valence-electron chi connectivity index (χ4n) is 2.62. The van der Waals surface area contributed by atoms with Crippen molar-refractivity contribution in [1.29, 1.82) is 0 Å². The molecule has 0 aliphatic rings. The Balaban J connectivity index is 2.52. The van der Waals surface area contributed by atoms with E-state index in [1.807, 2.05) is 12.1 Å². The first-order valence-corrected chi connectivity index (χ1v) is 5.60. The van der Waals surface area contributed by atoms with Gasteiger partial charge in [0.15, 0.2) is 0 Å². The van der Waals surface area contributed by atoms with Crippen molar-refractivity contribution in [2.24, 2.45) is 0 Å². The van der Waals surface area contributed by atoms with Gasteiger partial charge >= 0.3 is 0 Å². The largest absolute Gasteiger partial charge is 0.322 e. The number of hydrogen-bond acceptors (Lipinski definition) is 1. The van der Waals surface area contributed by atoms with Gasteiger partial charge in [-0.05, 0) is 33.7 Å². The zero-order chi connectivity index (χ0) is 11.4. The Morgan fingerprint density at radius 1 is 0.647 bits per heavy atom. The lowest BCUT2D eigenvalue weighted by molar-refractivity contribution is 1.33. The van der Waals surface area contributed by atoms with Crippen molar-refractivity contribution in [3.63, 3.8) is 0 Å². The van der Waals surface area contributed by atoms with Crippen molar-refractivity contribution in [2.75, 3.05) is 0 Å². The third kappa shape index (κ3) is 1.07. The molecule has 0 fully saturated rings. The Hall–Kier alpha value is -2.35. The molecule has 0 radical (unpaired) electrons. The molecular formula is C15H9NO. The molecule has 1 heterocycles. The van der Waals surface area contributed by atoms with E-state index in [1.165, 1.54) is 16.2 Å². The van der Waals surface area contributed by atoms with E-state index in [9.17, 15) is 4.79 Å². The van der Waals surface area contributed by atoms with Gasteiger partial charge in [-0.1, -0.05) is 30.3 Å². The van der Waals surface area contributed by atoms with Crippen LogP contribution in [-0.4, -0.2) is 4.98 Å². The molecule has 0 saturated heterocycles. The molecule has 80 valence electrons. The van der Waals surface area contributed by atoms with Gasteiger partial charge in [0.1, 0.15) is 0 Å². The fraction of sp³-hybridized carbons (Fsp3) is 0. The van der Waals surface area contributed by atoms with E-state index in [-0.39, 0.29) is 5.56 Å². The second-order valence-electron chi connectivity index (χ2n) is 4.35. The third-order valence-electron chi connectivity index (χ3n) is 3.37. The maximum Gasteiger partial charge on any atom is 0.248 e. The molecule has 0 atom stereocenters. The quantitative estimate of drug-likeness (QED) is 0.483. The third-order valence-corrected chi connectivity index (χ3v) is 3.37. The molecule has 3 aromatic carbocycles. The van der Waals surface area contributed by atoms with Crippen LogP contribution in [-0.2, 0) is 0 Å². The first-order chi connectivity index (χ1) is 8.33. The standard InChI is InChI=1S/C15H9NO/c17-13-8-6-11-4-3-9-1-2-10-5-7-12(16-13)15(11)14(9)10/h1-8H,(H,16,17). The van der Waals surface area contributed by atoms with E-state index >= 15 is 0 Å². The zero-order valence-corrected chi connectivity index (χ0v) is 9.03. The van der Waals surface area contributed by atoms with Crippen LogP contribution < -0.4 is 5.56 Å². The fourth-order valence-corrected chi connectivity index (χ4v) is 2.62. The predicted molar refractivity (Wildman–Crippen MR) is 70.8 cm³/mol. The van der Waals surface area contributed by atoms with Crippen LogP contribution in [0.2, 0.25) is 0 Å². The molecule has 0 unspecified atom stereocenters. The average molecular weight is 219 g/mol. The molecule has 0 saturated carbocycles. The number of aromatic nitrogens is 1. The van der Waals surface area contributed by atoms with Crippen LogP contribution in [0.25, 0.3) is 32.4 Å². The van der Waals surface area contributed by atoms with Crippen LogP contribution in [0, 0.1) is 0 Å². The van der Waals surface area contributed by atoms with E-state index < -0.39 is 0 Å². The van der Waals surface area contributed by atoms with Gasteiger partial charge in [0.25, 0.3) is 0 Å². The van der Waals surface area contributed by atoms with E-state index in [4.69, 9.17) is 0 Å². The monoisotopic (exact) mass is 219 g/mol. The van der Waals surface area contributed by atoms with Crippen LogP contribution in [0.4, 0.5) is 0 Å². The van der Waals surface area contributed by atoms with Crippen molar-refractivity contribution in [2.45, 2.75) is 0 Å². The first-order valence-electron chi connectivity index (χ1n) is 5.60. The summed E-state index contributed by atoms with van der Waals surface area (Å²) in [6.07, 6.45) is 0. The summed E-state index contributed by atoms with van der Waals surface area (Å²) in [6.45, 7) is 0. The first kappa shape index (κ1) is 8.76. The molecule has 1 aromatic heterocycles. The van der Waals surface area contributed by atoms with Crippen molar-refractivity contribution in [3.05, 3.63) is 58.9 Å². The van der Waals surface area contributed by atoms with Gasteiger partial charge in [-0.3, -0.25) is 4.79 Å². The number of hydrogen-bond donors (Lipinski definition) is 1. The molecule has 0 spiro atoms. The van der Waals surface area contributed by atoms with Gasteiger partial charge in [-0.2, -0.15) is 0 Å². The summed E-state index contributed by atoms with van der Waals surface area (Å²) < 4.78 is 0. The molecule has 2 nitrogen and oxygen atoms in total. The Kier molecular flexibility index (Phi) is 1.47. The van der Waals surface area contributed by atoms with Crippen LogP contribution in [0.5, 0.6) is 0 Å². The summed E-state index contributed by atoms with van der Waals surface area (Å²) in [7, 11) is 0. The lowest BCUT2D eigenvalue weighted by atomic mass is 10.0. The Morgan fingerprint density at radius 3 is 1.88 bits per heavy atom. The minimum Gasteiger partial charge on any atom is -0.322 e. The van der Waals surface area contributed by atoms with E-state index in [0.29, 0.717) is 0 Å².